The fourth-order valence-corrected chi connectivity index (χ4v) is 1.10. The van der Waals surface area contributed by atoms with Gasteiger partial charge in [-0.2, -0.15) is 0 Å². The Balaban J connectivity index is 2.72. The number of hydrogen-bond donors (Lipinski definition) is 1. The largest absolute Gasteiger partial charge is 0.491 e. The Bertz CT molecular complexity index is 265. The van der Waals surface area contributed by atoms with E-state index in [9.17, 15) is 0 Å². The highest BCUT2D eigenvalue weighted by molar-refractivity contribution is 6.32. The molecule has 0 spiro atoms. The van der Waals surface area contributed by atoms with E-state index in [1.807, 2.05) is 0 Å². The molecule has 0 saturated heterocycles. The van der Waals surface area contributed by atoms with E-state index in [1.165, 1.54) is 0 Å². The van der Waals surface area contributed by atoms with Crippen molar-refractivity contribution in [1.82, 2.24) is 0 Å². The van der Waals surface area contributed by atoms with Crippen molar-refractivity contribution in [3.05, 3.63) is 23.2 Å². The van der Waals surface area contributed by atoms with E-state index < -0.39 is 0 Å². The SMILES string of the molecule is Nc1ccc(OCCCl)c(Cl)c1. The van der Waals surface area contributed by atoms with Gasteiger partial charge in [-0.1, -0.05) is 11.6 Å². The number of hydrogen-bond acceptors (Lipinski definition) is 2. The number of ether oxygens (including phenoxy) is 1. The van der Waals surface area contributed by atoms with Crippen LogP contribution in [0.1, 0.15) is 0 Å². The number of nitrogens with two attached hydrogens (primary N) is 1. The maximum Gasteiger partial charge on any atom is 0.138 e. The van der Waals surface area contributed by atoms with Gasteiger partial charge in [-0.3, -0.25) is 0 Å². The molecule has 1 aromatic rings. The third-order valence-electron chi connectivity index (χ3n) is 1.29. The summed E-state index contributed by atoms with van der Waals surface area (Å²) in [7, 11) is 0. The van der Waals surface area contributed by atoms with Crippen LogP contribution in [0.3, 0.4) is 0 Å². The van der Waals surface area contributed by atoms with E-state index >= 15 is 0 Å². The topological polar surface area (TPSA) is 35.2 Å². The van der Waals surface area contributed by atoms with E-state index in [2.05, 4.69) is 0 Å². The normalized spacial score (nSPS) is 9.83. The summed E-state index contributed by atoms with van der Waals surface area (Å²) in [6.45, 7) is 0.450. The zero-order chi connectivity index (χ0) is 8.97. The van der Waals surface area contributed by atoms with Crippen LogP contribution in [-0.4, -0.2) is 12.5 Å². The summed E-state index contributed by atoms with van der Waals surface area (Å²) in [5.74, 6) is 1.06. The molecule has 0 atom stereocenters. The highest BCUT2D eigenvalue weighted by Gasteiger charge is 2.00. The molecule has 0 aromatic heterocycles. The molecule has 0 saturated carbocycles. The Morgan fingerprint density at radius 2 is 2.17 bits per heavy atom. The fourth-order valence-electron chi connectivity index (χ4n) is 0.783. The molecule has 1 rings (SSSR count). The van der Waals surface area contributed by atoms with Crippen LogP contribution in [-0.2, 0) is 0 Å². The first-order valence-corrected chi connectivity index (χ1v) is 4.39. The van der Waals surface area contributed by atoms with Gasteiger partial charge in [0.25, 0.3) is 0 Å². The van der Waals surface area contributed by atoms with Crippen LogP contribution < -0.4 is 10.5 Å². The minimum atomic E-state index is 0.445. The van der Waals surface area contributed by atoms with E-state index in [-0.39, 0.29) is 0 Å². The molecular weight excluding hydrogens is 197 g/mol. The molecular formula is C8H9Cl2NO. The van der Waals surface area contributed by atoms with Crippen molar-refractivity contribution in [2.24, 2.45) is 0 Å². The Morgan fingerprint density at radius 3 is 2.75 bits per heavy atom. The Morgan fingerprint density at radius 1 is 1.42 bits per heavy atom. The molecule has 0 aliphatic heterocycles. The average Bonchev–Trinajstić information content (AvgIpc) is 2.03. The lowest BCUT2D eigenvalue weighted by atomic mass is 10.3. The maximum atomic E-state index is 5.82. The lowest BCUT2D eigenvalue weighted by Crippen LogP contribution is -1.98. The highest BCUT2D eigenvalue weighted by atomic mass is 35.5. The molecule has 2 N–H and O–H groups in total. The lowest BCUT2D eigenvalue weighted by molar-refractivity contribution is 0.343. The zero-order valence-corrected chi connectivity index (χ0v) is 7.90. The molecule has 12 heavy (non-hydrogen) atoms. The van der Waals surface area contributed by atoms with Gasteiger partial charge in [0.15, 0.2) is 0 Å². The van der Waals surface area contributed by atoms with Gasteiger partial charge < -0.3 is 10.5 Å². The molecule has 66 valence electrons. The van der Waals surface area contributed by atoms with Crippen LogP contribution in [0.5, 0.6) is 5.75 Å². The van der Waals surface area contributed by atoms with Crippen molar-refractivity contribution in [1.29, 1.82) is 0 Å². The molecule has 1 aromatic carbocycles. The average molecular weight is 206 g/mol. The molecule has 0 amide bonds. The van der Waals surface area contributed by atoms with Crippen molar-refractivity contribution in [2.45, 2.75) is 0 Å². The molecule has 0 fully saturated rings. The Kier molecular flexibility index (Phi) is 3.50. The number of anilines is 1. The number of halogens is 2. The van der Waals surface area contributed by atoms with Crippen LogP contribution in [0.4, 0.5) is 5.69 Å². The van der Waals surface area contributed by atoms with Gasteiger partial charge in [0.1, 0.15) is 12.4 Å². The summed E-state index contributed by atoms with van der Waals surface area (Å²) >= 11 is 11.3. The summed E-state index contributed by atoms with van der Waals surface area (Å²) in [5, 5.41) is 0.514. The van der Waals surface area contributed by atoms with Crippen molar-refractivity contribution < 1.29 is 4.74 Å². The van der Waals surface area contributed by atoms with Crippen LogP contribution in [0.15, 0.2) is 18.2 Å². The first-order chi connectivity index (χ1) is 5.74. The van der Waals surface area contributed by atoms with Gasteiger partial charge in [0.2, 0.25) is 0 Å². The second kappa shape index (κ2) is 4.43. The predicted molar refractivity (Wildman–Crippen MR) is 52.1 cm³/mol. The third kappa shape index (κ3) is 2.47. The summed E-state index contributed by atoms with van der Waals surface area (Å²) in [4.78, 5) is 0. The molecule has 0 aliphatic rings. The fraction of sp³-hybridized carbons (Fsp3) is 0.250. The van der Waals surface area contributed by atoms with Gasteiger partial charge in [-0.25, -0.2) is 0 Å². The lowest BCUT2D eigenvalue weighted by Gasteiger charge is -2.05. The third-order valence-corrected chi connectivity index (χ3v) is 1.74. The van der Waals surface area contributed by atoms with E-state index in [4.69, 9.17) is 33.7 Å². The molecule has 0 radical (unpaired) electrons. The van der Waals surface area contributed by atoms with Crippen LogP contribution in [0.25, 0.3) is 0 Å². The number of nitrogen functional groups attached to an aromatic ring is 1. The van der Waals surface area contributed by atoms with Crippen molar-refractivity contribution in [3.8, 4) is 5.75 Å². The van der Waals surface area contributed by atoms with Gasteiger partial charge in [0, 0.05) is 5.69 Å². The van der Waals surface area contributed by atoms with Gasteiger partial charge >= 0.3 is 0 Å². The molecule has 0 aliphatic carbocycles. The van der Waals surface area contributed by atoms with Gasteiger partial charge in [0.05, 0.1) is 10.9 Å². The minimum Gasteiger partial charge on any atom is -0.491 e. The standard InChI is InChI=1S/C8H9Cl2NO/c9-3-4-12-8-2-1-6(11)5-7(8)10/h1-2,5H,3-4,11H2. The van der Waals surface area contributed by atoms with Crippen molar-refractivity contribution in [2.75, 3.05) is 18.2 Å². The number of benzene rings is 1. The zero-order valence-electron chi connectivity index (χ0n) is 6.39. The Hall–Kier alpha value is -0.600. The van der Waals surface area contributed by atoms with Crippen LogP contribution in [0.2, 0.25) is 5.02 Å². The summed E-state index contributed by atoms with van der Waals surface area (Å²) in [6, 6.07) is 5.10. The van der Waals surface area contributed by atoms with E-state index in [0.29, 0.717) is 28.9 Å². The number of alkyl halides is 1. The first kappa shape index (κ1) is 9.49. The Labute approximate surface area is 81.2 Å². The molecule has 0 unspecified atom stereocenters. The smallest absolute Gasteiger partial charge is 0.138 e. The number of rotatable bonds is 3. The second-order valence-electron chi connectivity index (χ2n) is 2.23. The molecule has 2 nitrogen and oxygen atoms in total. The van der Waals surface area contributed by atoms with E-state index in [1.54, 1.807) is 18.2 Å². The van der Waals surface area contributed by atoms with Crippen LogP contribution in [0, 0.1) is 0 Å². The quantitative estimate of drug-likeness (QED) is 0.609. The predicted octanol–water partition coefficient (Wildman–Crippen LogP) is 2.54. The van der Waals surface area contributed by atoms with Crippen molar-refractivity contribution >= 4 is 28.9 Å². The second-order valence-corrected chi connectivity index (χ2v) is 3.01. The summed E-state index contributed by atoms with van der Waals surface area (Å²) in [5.41, 5.74) is 6.11. The summed E-state index contributed by atoms with van der Waals surface area (Å²) < 4.78 is 5.22. The monoisotopic (exact) mass is 205 g/mol. The van der Waals surface area contributed by atoms with Gasteiger partial charge in [-0.05, 0) is 18.2 Å². The molecule has 0 bridgehead atoms. The highest BCUT2D eigenvalue weighted by Crippen LogP contribution is 2.26. The minimum absolute atomic E-state index is 0.445. The molecule has 4 heteroatoms. The van der Waals surface area contributed by atoms with E-state index in [0.717, 1.165) is 0 Å². The van der Waals surface area contributed by atoms with Crippen molar-refractivity contribution in [3.63, 3.8) is 0 Å². The van der Waals surface area contributed by atoms with Gasteiger partial charge in [-0.15, -0.1) is 11.6 Å². The summed E-state index contributed by atoms with van der Waals surface area (Å²) in [6.07, 6.45) is 0. The molecule has 0 heterocycles. The maximum absolute atomic E-state index is 5.82. The first-order valence-electron chi connectivity index (χ1n) is 3.48. The van der Waals surface area contributed by atoms with Crippen LogP contribution >= 0.6 is 23.2 Å².